The first-order valence-electron chi connectivity index (χ1n) is 19.0. The Morgan fingerprint density at radius 1 is 0.489 bits per heavy atom. The van der Waals surface area contributed by atoms with Crippen LogP contribution in [0.1, 0.15) is 147 Å². The first-order chi connectivity index (χ1) is 22.0. The van der Waals surface area contributed by atoms with Crippen molar-refractivity contribution in [1.82, 2.24) is 0 Å². The molecule has 0 aromatic heterocycles. The lowest BCUT2D eigenvalue weighted by atomic mass is 10.0. The maximum absolute atomic E-state index is 10.4. The summed E-state index contributed by atoms with van der Waals surface area (Å²) in [6.07, 6.45) is 23.0. The van der Waals surface area contributed by atoms with E-state index >= 15 is 0 Å². The molecule has 272 valence electrons. The monoisotopic (exact) mass is 674 g/mol. The van der Waals surface area contributed by atoms with Crippen LogP contribution in [-0.4, -0.2) is 56.1 Å². The maximum Gasteiger partial charge on any atom is 0.104 e. The van der Waals surface area contributed by atoms with E-state index in [1.807, 2.05) is 0 Å². The van der Waals surface area contributed by atoms with Crippen LogP contribution < -0.4 is 17.5 Å². The van der Waals surface area contributed by atoms with E-state index in [-0.39, 0.29) is 12.4 Å². The van der Waals surface area contributed by atoms with Crippen LogP contribution in [0, 0.1) is 5.41 Å². The Balaban J connectivity index is 0. The molecule has 0 atom stereocenters. The second-order valence-corrected chi connectivity index (χ2v) is 14.7. The fourth-order valence-electron chi connectivity index (χ4n) is 6.18. The van der Waals surface area contributed by atoms with Gasteiger partial charge in [-0.3, -0.25) is 0 Å². The summed E-state index contributed by atoms with van der Waals surface area (Å²) in [7, 11) is 9.15. The van der Waals surface area contributed by atoms with Crippen molar-refractivity contribution in [3.63, 3.8) is 0 Å². The topological polar surface area (TPSA) is 46.9 Å². The van der Waals surface area contributed by atoms with Crippen molar-refractivity contribution >= 4 is 5.90 Å². The molecule has 2 aromatic rings. The highest BCUT2D eigenvalue weighted by atomic mass is 35.5. The average Bonchev–Trinajstić information content (AvgIpc) is 3.00. The van der Waals surface area contributed by atoms with Crippen LogP contribution in [-0.2, 0) is 13.1 Å². The van der Waals surface area contributed by atoms with Gasteiger partial charge in [0.15, 0.2) is 0 Å². The van der Waals surface area contributed by atoms with Crippen LogP contribution in [0.15, 0.2) is 60.7 Å². The van der Waals surface area contributed by atoms with Gasteiger partial charge >= 0.3 is 0 Å². The van der Waals surface area contributed by atoms with E-state index in [1.54, 1.807) is 0 Å². The largest absolute Gasteiger partial charge is 1.00 e. The summed E-state index contributed by atoms with van der Waals surface area (Å²) in [6, 6.07) is 21.4. The molecule has 2 rings (SSSR count). The highest BCUT2D eigenvalue weighted by Crippen LogP contribution is 2.14. The molecule has 0 amide bonds. The van der Waals surface area contributed by atoms with Gasteiger partial charge in [0.1, 0.15) is 13.1 Å². The van der Waals surface area contributed by atoms with Crippen molar-refractivity contribution in [2.45, 2.75) is 149 Å². The van der Waals surface area contributed by atoms with Gasteiger partial charge in [-0.25, -0.2) is 0 Å². The van der Waals surface area contributed by atoms with E-state index in [1.165, 1.54) is 121 Å². The number of halogens is 1. The molecule has 1 N–H and O–H groups in total. The lowest BCUT2D eigenvalue weighted by molar-refractivity contribution is -0.903. The minimum atomic E-state index is -0.403. The van der Waals surface area contributed by atoms with Crippen molar-refractivity contribution in [2.24, 2.45) is 0 Å². The Labute approximate surface area is 299 Å². The van der Waals surface area contributed by atoms with Crippen LogP contribution in [0.5, 0.6) is 0 Å². The summed E-state index contributed by atoms with van der Waals surface area (Å²) in [6.45, 7) is 11.5. The summed E-state index contributed by atoms with van der Waals surface area (Å²) < 4.78 is 2.17. The Hall–Kier alpha value is -1.88. The van der Waals surface area contributed by atoms with Crippen LogP contribution in [0.3, 0.4) is 0 Å². The van der Waals surface area contributed by atoms with Gasteiger partial charge in [0, 0.05) is 11.1 Å². The molecule has 0 saturated heterocycles. The molecule has 0 saturated carbocycles. The lowest BCUT2D eigenvalue weighted by Crippen LogP contribution is -3.00. The van der Waals surface area contributed by atoms with E-state index in [0.29, 0.717) is 6.42 Å². The highest BCUT2D eigenvalue weighted by molar-refractivity contribution is 5.67. The SMILES string of the molecule is CCCCCCCCCCCCCCCCCC(=N)[O-].CCC[N+](C)(C)Cc1ccccc1.CCC[N+](C)(C)Cc1ccccc1.[Cl-]. The number of nitrogens with one attached hydrogen (secondary N) is 1. The first kappa shape index (κ1) is 47.2. The molecule has 5 heteroatoms. The highest BCUT2D eigenvalue weighted by Gasteiger charge is 2.14. The molecule has 0 aliphatic rings. The Morgan fingerprint density at radius 3 is 1.06 bits per heavy atom. The normalized spacial score (nSPS) is 11.0. The third-order valence-electron chi connectivity index (χ3n) is 8.57. The zero-order valence-electron chi connectivity index (χ0n) is 32.0. The molecule has 0 aliphatic heterocycles. The molecule has 4 nitrogen and oxygen atoms in total. The van der Waals surface area contributed by atoms with Crippen molar-refractivity contribution in [3.8, 4) is 0 Å². The zero-order chi connectivity index (χ0) is 34.4. The number of rotatable bonds is 24. The van der Waals surface area contributed by atoms with Crippen LogP contribution in [0.25, 0.3) is 0 Å². The molecule has 0 fully saturated rings. The summed E-state index contributed by atoms with van der Waals surface area (Å²) in [4.78, 5) is 0. The molecule has 0 bridgehead atoms. The van der Waals surface area contributed by atoms with Gasteiger partial charge in [-0.1, -0.05) is 171 Å². The van der Waals surface area contributed by atoms with E-state index < -0.39 is 5.90 Å². The second kappa shape index (κ2) is 31.4. The average molecular weight is 675 g/mol. The van der Waals surface area contributed by atoms with Gasteiger partial charge in [-0.2, -0.15) is 0 Å². The summed E-state index contributed by atoms with van der Waals surface area (Å²) >= 11 is 0. The van der Waals surface area contributed by atoms with Crippen molar-refractivity contribution in [2.75, 3.05) is 41.3 Å². The second-order valence-electron chi connectivity index (χ2n) is 14.7. The summed E-state index contributed by atoms with van der Waals surface area (Å²) in [5, 5.41) is 17.3. The zero-order valence-corrected chi connectivity index (χ0v) is 32.8. The predicted molar refractivity (Wildman–Crippen MR) is 202 cm³/mol. The molecular formula is C42H76ClN3O. The molecule has 0 heterocycles. The number of benzene rings is 2. The van der Waals surface area contributed by atoms with Crippen molar-refractivity contribution in [1.29, 1.82) is 5.41 Å². The lowest BCUT2D eigenvalue weighted by Gasteiger charge is -2.29. The van der Waals surface area contributed by atoms with Crippen molar-refractivity contribution < 1.29 is 26.5 Å². The molecule has 0 unspecified atom stereocenters. The number of unbranched alkanes of at least 4 members (excludes halogenated alkanes) is 14. The summed E-state index contributed by atoms with van der Waals surface area (Å²) in [5.41, 5.74) is 2.86. The minimum Gasteiger partial charge on any atom is -1.00 e. The fraction of sp³-hybridized carbons (Fsp3) is 0.690. The Bertz CT molecular complexity index is 878. The third kappa shape index (κ3) is 32.4. The van der Waals surface area contributed by atoms with E-state index in [9.17, 15) is 5.11 Å². The van der Waals surface area contributed by atoms with Crippen LogP contribution >= 0.6 is 0 Å². The van der Waals surface area contributed by atoms with Crippen LogP contribution in [0.2, 0.25) is 0 Å². The van der Waals surface area contributed by atoms with E-state index in [2.05, 4.69) is 110 Å². The van der Waals surface area contributed by atoms with E-state index in [4.69, 9.17) is 5.41 Å². The Morgan fingerprint density at radius 2 is 0.787 bits per heavy atom. The Kier molecular flexibility index (Phi) is 31.5. The standard InChI is InChI=1S/C18H37NO.2C12H20N.ClH/c1-2-3-4-5-6-7-8-9-10-11-12-13-14-15-16-17-18(19)20;2*1-4-10-13(2,3)11-12-8-6-5-7-9-12;/h2-17H2,1H3,(H2,19,20);2*5-9H,4,10-11H2,1-3H3;1H/q;2*+1;/p-2. The predicted octanol–water partition coefficient (Wildman–Crippen LogP) is 7.94. The number of nitrogens with zero attached hydrogens (tertiary/aromatic N) is 2. The number of hydrogen-bond donors (Lipinski definition) is 1. The molecule has 0 radical (unpaired) electrons. The summed E-state index contributed by atoms with van der Waals surface area (Å²) in [5.74, 6) is -0.403. The smallest absolute Gasteiger partial charge is 0.104 e. The quantitative estimate of drug-likeness (QED) is 0.0523. The molecule has 0 aliphatic carbocycles. The van der Waals surface area contributed by atoms with Crippen LogP contribution in [0.4, 0.5) is 0 Å². The van der Waals surface area contributed by atoms with Gasteiger partial charge in [0.2, 0.25) is 0 Å². The molecule has 47 heavy (non-hydrogen) atoms. The van der Waals surface area contributed by atoms with Gasteiger partial charge in [0.25, 0.3) is 0 Å². The van der Waals surface area contributed by atoms with Gasteiger partial charge in [-0.15, -0.1) is 0 Å². The third-order valence-corrected chi connectivity index (χ3v) is 8.57. The van der Waals surface area contributed by atoms with Gasteiger partial charge < -0.3 is 31.9 Å². The molecule has 2 aromatic carbocycles. The van der Waals surface area contributed by atoms with E-state index in [0.717, 1.165) is 34.9 Å². The first-order valence-corrected chi connectivity index (χ1v) is 19.0. The molecular weight excluding hydrogens is 598 g/mol. The number of hydrogen-bond acceptors (Lipinski definition) is 2. The maximum atomic E-state index is 10.4. The minimum absolute atomic E-state index is 0. The fourth-order valence-corrected chi connectivity index (χ4v) is 6.18. The van der Waals surface area contributed by atoms with Gasteiger partial charge in [0.05, 0.1) is 41.3 Å². The van der Waals surface area contributed by atoms with Crippen molar-refractivity contribution in [3.05, 3.63) is 71.8 Å². The number of quaternary nitrogens is 2. The van der Waals surface area contributed by atoms with Gasteiger partial charge in [-0.05, 0) is 31.6 Å². The molecule has 0 spiro atoms.